The zero-order chi connectivity index (χ0) is 14.8. The normalized spacial score (nSPS) is 17.1. The summed E-state index contributed by atoms with van der Waals surface area (Å²) >= 11 is 0. The molecule has 4 heteroatoms. The maximum atomic E-state index is 12.5. The average Bonchev–Trinajstić information content (AvgIpc) is 2.52. The molecule has 1 aliphatic heterocycles. The first kappa shape index (κ1) is 13.4. The summed E-state index contributed by atoms with van der Waals surface area (Å²) in [6.07, 6.45) is 0.274. The number of rotatable bonds is 3. The molecule has 3 rings (SSSR count). The minimum atomic E-state index is -0.823. The van der Waals surface area contributed by atoms with E-state index < -0.39 is 11.9 Å². The second-order valence-corrected chi connectivity index (χ2v) is 4.85. The molecule has 1 heterocycles. The van der Waals surface area contributed by atoms with E-state index in [1.807, 2.05) is 24.3 Å². The van der Waals surface area contributed by atoms with E-state index in [0.29, 0.717) is 17.1 Å². The van der Waals surface area contributed by atoms with E-state index in [1.54, 1.807) is 31.4 Å². The van der Waals surface area contributed by atoms with Crippen LogP contribution in [0.5, 0.6) is 11.5 Å². The molecule has 106 valence electrons. The highest BCUT2D eigenvalue weighted by atomic mass is 16.5. The van der Waals surface area contributed by atoms with Crippen LogP contribution in [0.4, 0.5) is 0 Å². The lowest BCUT2D eigenvalue weighted by Gasteiger charge is -2.22. The number of hydrogen-bond acceptors (Lipinski definition) is 4. The number of ketones is 1. The van der Waals surface area contributed by atoms with Crippen molar-refractivity contribution in [1.82, 2.24) is 0 Å². The van der Waals surface area contributed by atoms with Gasteiger partial charge in [0.1, 0.15) is 17.4 Å². The van der Waals surface area contributed by atoms with Crippen molar-refractivity contribution in [3.8, 4) is 11.5 Å². The summed E-state index contributed by atoms with van der Waals surface area (Å²) in [6.45, 7) is 0. The third-order valence-corrected chi connectivity index (χ3v) is 3.58. The van der Waals surface area contributed by atoms with Gasteiger partial charge in [-0.1, -0.05) is 30.3 Å². The number of para-hydroxylation sites is 2. The van der Waals surface area contributed by atoms with E-state index >= 15 is 0 Å². The maximum Gasteiger partial charge on any atom is 0.322 e. The molecule has 1 aliphatic rings. The molecule has 0 aliphatic carbocycles. The number of methoxy groups -OCH3 is 1. The lowest BCUT2D eigenvalue weighted by atomic mass is 9.89. The molecular formula is C17H14O4. The van der Waals surface area contributed by atoms with Crippen LogP contribution in [0.1, 0.15) is 15.9 Å². The van der Waals surface area contributed by atoms with Crippen LogP contribution in [-0.2, 0) is 11.2 Å². The first-order valence-corrected chi connectivity index (χ1v) is 6.67. The van der Waals surface area contributed by atoms with Crippen molar-refractivity contribution < 1.29 is 19.1 Å². The van der Waals surface area contributed by atoms with E-state index in [9.17, 15) is 9.59 Å². The Balaban J connectivity index is 1.93. The van der Waals surface area contributed by atoms with Crippen molar-refractivity contribution in [2.75, 3.05) is 7.11 Å². The van der Waals surface area contributed by atoms with Crippen LogP contribution >= 0.6 is 0 Å². The Labute approximate surface area is 122 Å². The summed E-state index contributed by atoms with van der Waals surface area (Å²) < 4.78 is 10.5. The molecule has 21 heavy (non-hydrogen) atoms. The van der Waals surface area contributed by atoms with Gasteiger partial charge in [-0.25, -0.2) is 0 Å². The van der Waals surface area contributed by atoms with Crippen LogP contribution in [0, 0.1) is 5.92 Å². The molecule has 0 bridgehead atoms. The van der Waals surface area contributed by atoms with Crippen molar-refractivity contribution in [1.29, 1.82) is 0 Å². The Morgan fingerprint density at radius 2 is 1.76 bits per heavy atom. The van der Waals surface area contributed by atoms with Crippen molar-refractivity contribution in [3.05, 3.63) is 59.7 Å². The van der Waals surface area contributed by atoms with E-state index in [-0.39, 0.29) is 12.2 Å². The molecule has 1 unspecified atom stereocenters. The standard InChI is InChI=1S/C17H14O4/c1-20-14-8-4-2-6-11(14)10-13-16(18)12-7-3-5-9-15(12)21-17(13)19/h2-9,13H,10H2,1H3. The van der Waals surface area contributed by atoms with Gasteiger partial charge in [0.05, 0.1) is 12.7 Å². The van der Waals surface area contributed by atoms with Gasteiger partial charge in [-0.3, -0.25) is 9.59 Å². The van der Waals surface area contributed by atoms with Crippen molar-refractivity contribution in [2.24, 2.45) is 5.92 Å². The number of esters is 1. The fourth-order valence-electron chi connectivity index (χ4n) is 2.50. The van der Waals surface area contributed by atoms with Crippen LogP contribution in [0.25, 0.3) is 0 Å². The molecule has 2 aromatic rings. The van der Waals surface area contributed by atoms with Gasteiger partial charge in [-0.05, 0) is 30.2 Å². The van der Waals surface area contributed by atoms with E-state index in [4.69, 9.17) is 9.47 Å². The second-order valence-electron chi connectivity index (χ2n) is 4.85. The van der Waals surface area contributed by atoms with Crippen LogP contribution in [0.2, 0.25) is 0 Å². The Kier molecular flexibility index (Phi) is 3.44. The Morgan fingerprint density at radius 3 is 2.57 bits per heavy atom. The van der Waals surface area contributed by atoms with E-state index in [0.717, 1.165) is 5.56 Å². The van der Waals surface area contributed by atoms with Gasteiger partial charge < -0.3 is 9.47 Å². The molecule has 0 saturated heterocycles. The van der Waals surface area contributed by atoms with E-state index in [2.05, 4.69) is 0 Å². The monoisotopic (exact) mass is 282 g/mol. The molecule has 0 saturated carbocycles. The number of Topliss-reactive ketones (excluding diaryl/α,β-unsaturated/α-hetero) is 1. The zero-order valence-electron chi connectivity index (χ0n) is 11.5. The number of ether oxygens (including phenoxy) is 2. The fourth-order valence-corrected chi connectivity index (χ4v) is 2.50. The summed E-state index contributed by atoms with van der Waals surface area (Å²) in [5.41, 5.74) is 1.27. The number of carbonyl (C=O) groups is 2. The van der Waals surface area contributed by atoms with Crippen molar-refractivity contribution >= 4 is 11.8 Å². The Hall–Kier alpha value is -2.62. The van der Waals surface area contributed by atoms with Crippen molar-refractivity contribution in [3.63, 3.8) is 0 Å². The first-order valence-electron chi connectivity index (χ1n) is 6.67. The van der Waals surface area contributed by atoms with Crippen LogP contribution < -0.4 is 9.47 Å². The molecule has 2 aromatic carbocycles. The summed E-state index contributed by atoms with van der Waals surface area (Å²) in [7, 11) is 1.56. The number of fused-ring (bicyclic) bond motifs is 1. The smallest absolute Gasteiger partial charge is 0.322 e. The third kappa shape index (κ3) is 2.40. The number of carbonyl (C=O) groups excluding carboxylic acids is 2. The highest BCUT2D eigenvalue weighted by Crippen LogP contribution is 2.31. The van der Waals surface area contributed by atoms with Gasteiger partial charge in [0.25, 0.3) is 0 Å². The molecule has 0 N–H and O–H groups in total. The highest BCUT2D eigenvalue weighted by molar-refractivity contribution is 6.13. The molecule has 4 nitrogen and oxygen atoms in total. The van der Waals surface area contributed by atoms with Crippen molar-refractivity contribution in [2.45, 2.75) is 6.42 Å². The average molecular weight is 282 g/mol. The number of benzene rings is 2. The Bertz CT molecular complexity index is 705. The zero-order valence-corrected chi connectivity index (χ0v) is 11.5. The summed E-state index contributed by atoms with van der Waals surface area (Å²) in [5.74, 6) is -0.533. The van der Waals surface area contributed by atoms with Crippen LogP contribution in [0.15, 0.2) is 48.5 Å². The van der Waals surface area contributed by atoms with Gasteiger partial charge in [0.15, 0.2) is 5.78 Å². The highest BCUT2D eigenvalue weighted by Gasteiger charge is 2.36. The molecule has 1 atom stereocenters. The minimum Gasteiger partial charge on any atom is -0.496 e. The van der Waals surface area contributed by atoms with Crippen LogP contribution in [-0.4, -0.2) is 18.9 Å². The van der Waals surface area contributed by atoms with Gasteiger partial charge in [-0.2, -0.15) is 0 Å². The third-order valence-electron chi connectivity index (χ3n) is 3.58. The largest absolute Gasteiger partial charge is 0.496 e. The Morgan fingerprint density at radius 1 is 1.05 bits per heavy atom. The SMILES string of the molecule is COc1ccccc1CC1C(=O)Oc2ccccc2C1=O. The molecular weight excluding hydrogens is 268 g/mol. The van der Waals surface area contributed by atoms with E-state index in [1.165, 1.54) is 0 Å². The van der Waals surface area contributed by atoms with Crippen LogP contribution in [0.3, 0.4) is 0 Å². The lowest BCUT2D eigenvalue weighted by molar-refractivity contribution is -0.137. The first-order chi connectivity index (χ1) is 10.2. The summed E-state index contributed by atoms with van der Waals surface area (Å²) in [4.78, 5) is 24.6. The molecule has 0 radical (unpaired) electrons. The van der Waals surface area contributed by atoms with Gasteiger partial charge in [0.2, 0.25) is 0 Å². The predicted molar refractivity (Wildman–Crippen MR) is 76.6 cm³/mol. The quantitative estimate of drug-likeness (QED) is 0.493. The van der Waals surface area contributed by atoms with Gasteiger partial charge in [-0.15, -0.1) is 0 Å². The topological polar surface area (TPSA) is 52.6 Å². The predicted octanol–water partition coefficient (Wildman–Crippen LogP) is 2.66. The summed E-state index contributed by atoms with van der Waals surface area (Å²) in [5, 5.41) is 0. The minimum absolute atomic E-state index is 0.201. The van der Waals surface area contributed by atoms with Gasteiger partial charge in [0, 0.05) is 0 Å². The number of hydrogen-bond donors (Lipinski definition) is 0. The molecule has 0 aromatic heterocycles. The van der Waals surface area contributed by atoms with Gasteiger partial charge >= 0.3 is 5.97 Å². The maximum absolute atomic E-state index is 12.5. The summed E-state index contributed by atoms with van der Waals surface area (Å²) in [6, 6.07) is 14.2. The molecule has 0 spiro atoms. The fraction of sp³-hybridized carbons (Fsp3) is 0.176. The lowest BCUT2D eigenvalue weighted by Crippen LogP contribution is -2.34. The second kappa shape index (κ2) is 5.40. The molecule has 0 amide bonds. The molecule has 0 fully saturated rings.